The predicted molar refractivity (Wildman–Crippen MR) is 87.9 cm³/mol. The zero-order valence-corrected chi connectivity index (χ0v) is 14.2. The minimum atomic E-state index is -0.853. The number of rotatable bonds is 5. The number of nitrogens with zero attached hydrogens (tertiary/aromatic N) is 2. The van der Waals surface area contributed by atoms with Gasteiger partial charge >= 0.3 is 5.97 Å². The Morgan fingerprint density at radius 3 is 2.71 bits per heavy atom. The van der Waals surface area contributed by atoms with Gasteiger partial charge in [0.15, 0.2) is 0 Å². The van der Waals surface area contributed by atoms with E-state index in [1.54, 1.807) is 23.2 Å². The minimum Gasteiger partial charge on any atom is -0.481 e. The molecule has 0 spiro atoms. The third-order valence-corrected chi connectivity index (χ3v) is 5.44. The highest BCUT2D eigenvalue weighted by molar-refractivity contribution is 5.95. The highest BCUT2D eigenvalue weighted by Gasteiger charge is 2.48. The molecule has 1 aromatic heterocycles. The molecule has 1 saturated carbocycles. The van der Waals surface area contributed by atoms with Crippen LogP contribution in [0, 0.1) is 11.3 Å². The quantitative estimate of drug-likeness (QED) is 0.896. The third-order valence-electron chi connectivity index (χ3n) is 5.44. The second kappa shape index (κ2) is 6.42. The molecule has 2 fully saturated rings. The van der Waals surface area contributed by atoms with Gasteiger partial charge in [0.05, 0.1) is 5.41 Å². The number of carbonyl (C=O) groups is 2. The van der Waals surface area contributed by atoms with E-state index in [1.807, 2.05) is 13.8 Å². The average Bonchev–Trinajstić information content (AvgIpc) is 2.97. The molecule has 1 amide bonds. The number of aliphatic carboxylic acids is 1. The number of amides is 1. The molecule has 0 radical (unpaired) electrons. The van der Waals surface area contributed by atoms with Crippen LogP contribution < -0.4 is 4.74 Å². The Morgan fingerprint density at radius 2 is 2.17 bits per heavy atom. The van der Waals surface area contributed by atoms with Crippen molar-refractivity contribution in [3.63, 3.8) is 0 Å². The van der Waals surface area contributed by atoms with Crippen LogP contribution in [0.2, 0.25) is 0 Å². The summed E-state index contributed by atoms with van der Waals surface area (Å²) in [6.45, 7) is 4.52. The van der Waals surface area contributed by atoms with E-state index in [4.69, 9.17) is 4.74 Å². The Bertz CT molecular complexity index is 642. The van der Waals surface area contributed by atoms with E-state index >= 15 is 0 Å². The molecule has 1 atom stereocenters. The van der Waals surface area contributed by atoms with Crippen molar-refractivity contribution in [2.24, 2.45) is 11.3 Å². The molecule has 2 aliphatic rings. The van der Waals surface area contributed by atoms with Crippen LogP contribution in [-0.2, 0) is 4.79 Å². The molecule has 24 heavy (non-hydrogen) atoms. The standard InChI is InChI=1S/C18H24N2O4/c1-12(2)18(17(22)23)7-9-20(11-18)16(21)13-6-8-19-15(10-13)24-14-4-3-5-14/h6,8,10,12,14H,3-5,7,9,11H2,1-2H3,(H,22,23). The maximum atomic E-state index is 12.8. The van der Waals surface area contributed by atoms with E-state index in [0.29, 0.717) is 24.4 Å². The van der Waals surface area contributed by atoms with Gasteiger partial charge in [0.25, 0.3) is 5.91 Å². The molecule has 1 aliphatic heterocycles. The molecule has 2 heterocycles. The fourth-order valence-corrected chi connectivity index (χ4v) is 3.35. The monoisotopic (exact) mass is 332 g/mol. The number of carboxylic acid groups (broad SMARTS) is 1. The van der Waals surface area contributed by atoms with Crippen molar-refractivity contribution in [2.45, 2.75) is 45.6 Å². The normalized spacial score (nSPS) is 24.0. The summed E-state index contributed by atoms with van der Waals surface area (Å²) in [5.41, 5.74) is -0.349. The van der Waals surface area contributed by atoms with Crippen molar-refractivity contribution in [1.29, 1.82) is 0 Å². The van der Waals surface area contributed by atoms with Gasteiger partial charge in [-0.2, -0.15) is 0 Å². The first kappa shape index (κ1) is 16.7. The second-order valence-corrected chi connectivity index (χ2v) is 7.15. The van der Waals surface area contributed by atoms with Crippen LogP contribution in [0.4, 0.5) is 0 Å². The fraction of sp³-hybridized carbons (Fsp3) is 0.611. The van der Waals surface area contributed by atoms with Crippen molar-refractivity contribution < 1.29 is 19.4 Å². The van der Waals surface area contributed by atoms with Gasteiger partial charge in [-0.1, -0.05) is 13.8 Å². The number of ether oxygens (including phenoxy) is 1. The van der Waals surface area contributed by atoms with Crippen molar-refractivity contribution >= 4 is 11.9 Å². The van der Waals surface area contributed by atoms with Crippen LogP contribution in [0.15, 0.2) is 18.3 Å². The molecule has 1 saturated heterocycles. The molecule has 0 aromatic carbocycles. The van der Waals surface area contributed by atoms with Gasteiger partial charge < -0.3 is 14.7 Å². The summed E-state index contributed by atoms with van der Waals surface area (Å²) in [7, 11) is 0. The summed E-state index contributed by atoms with van der Waals surface area (Å²) in [6.07, 6.45) is 5.49. The lowest BCUT2D eigenvalue weighted by Gasteiger charge is -2.28. The van der Waals surface area contributed by atoms with Crippen LogP contribution in [0.5, 0.6) is 5.88 Å². The highest BCUT2D eigenvalue weighted by atomic mass is 16.5. The van der Waals surface area contributed by atoms with Gasteiger partial charge in [-0.25, -0.2) is 4.98 Å². The fourth-order valence-electron chi connectivity index (χ4n) is 3.35. The lowest BCUT2D eigenvalue weighted by atomic mass is 9.76. The minimum absolute atomic E-state index is 0.0252. The predicted octanol–water partition coefficient (Wildman–Crippen LogP) is 2.59. The Morgan fingerprint density at radius 1 is 1.42 bits per heavy atom. The van der Waals surface area contributed by atoms with E-state index in [-0.39, 0.29) is 24.5 Å². The lowest BCUT2D eigenvalue weighted by Crippen LogP contribution is -2.40. The molecule has 6 nitrogen and oxygen atoms in total. The van der Waals surface area contributed by atoms with Crippen LogP contribution in [0.1, 0.15) is 49.9 Å². The van der Waals surface area contributed by atoms with Gasteiger partial charge in [0.1, 0.15) is 6.10 Å². The topological polar surface area (TPSA) is 79.7 Å². The number of carboxylic acids is 1. The van der Waals surface area contributed by atoms with Gasteiger partial charge in [0, 0.05) is 30.9 Å². The summed E-state index contributed by atoms with van der Waals surface area (Å²) in [6, 6.07) is 3.32. The van der Waals surface area contributed by atoms with Crippen LogP contribution in [-0.4, -0.2) is 46.1 Å². The van der Waals surface area contributed by atoms with Crippen LogP contribution in [0.25, 0.3) is 0 Å². The Kier molecular flexibility index (Phi) is 4.47. The molecule has 3 rings (SSSR count). The summed E-state index contributed by atoms with van der Waals surface area (Å²) in [5.74, 6) is -0.531. The molecule has 1 unspecified atom stereocenters. The van der Waals surface area contributed by atoms with E-state index in [0.717, 1.165) is 12.8 Å². The van der Waals surface area contributed by atoms with Gasteiger partial charge in [-0.3, -0.25) is 9.59 Å². The lowest BCUT2D eigenvalue weighted by molar-refractivity contribution is -0.150. The maximum Gasteiger partial charge on any atom is 0.311 e. The first-order chi connectivity index (χ1) is 11.4. The van der Waals surface area contributed by atoms with Crippen molar-refractivity contribution in [2.75, 3.05) is 13.1 Å². The van der Waals surface area contributed by atoms with E-state index in [2.05, 4.69) is 4.98 Å². The smallest absolute Gasteiger partial charge is 0.311 e. The first-order valence-electron chi connectivity index (χ1n) is 8.58. The summed E-state index contributed by atoms with van der Waals surface area (Å²) in [4.78, 5) is 30.3. The molecule has 0 bridgehead atoms. The van der Waals surface area contributed by atoms with Gasteiger partial charge in [0.2, 0.25) is 5.88 Å². The largest absolute Gasteiger partial charge is 0.481 e. The second-order valence-electron chi connectivity index (χ2n) is 7.15. The maximum absolute atomic E-state index is 12.8. The number of likely N-dealkylation sites (tertiary alicyclic amines) is 1. The van der Waals surface area contributed by atoms with Crippen molar-refractivity contribution in [1.82, 2.24) is 9.88 Å². The summed E-state index contributed by atoms with van der Waals surface area (Å²) in [5, 5.41) is 9.61. The van der Waals surface area contributed by atoms with Crippen molar-refractivity contribution in [3.8, 4) is 5.88 Å². The van der Waals surface area contributed by atoms with E-state index < -0.39 is 11.4 Å². The number of hydrogen-bond donors (Lipinski definition) is 1. The Labute approximate surface area is 141 Å². The molecular weight excluding hydrogens is 308 g/mol. The Hall–Kier alpha value is -2.11. The van der Waals surface area contributed by atoms with E-state index in [1.165, 1.54) is 6.42 Å². The number of aromatic nitrogens is 1. The molecule has 1 aliphatic carbocycles. The number of pyridine rings is 1. The molecular formula is C18H24N2O4. The number of carbonyl (C=O) groups excluding carboxylic acids is 1. The molecule has 1 aromatic rings. The van der Waals surface area contributed by atoms with Gasteiger partial charge in [-0.15, -0.1) is 0 Å². The third kappa shape index (κ3) is 2.97. The van der Waals surface area contributed by atoms with Gasteiger partial charge in [-0.05, 0) is 37.7 Å². The van der Waals surface area contributed by atoms with Crippen LogP contribution in [0.3, 0.4) is 0 Å². The van der Waals surface area contributed by atoms with Crippen molar-refractivity contribution in [3.05, 3.63) is 23.9 Å². The van der Waals surface area contributed by atoms with Crippen LogP contribution >= 0.6 is 0 Å². The zero-order valence-electron chi connectivity index (χ0n) is 14.2. The first-order valence-corrected chi connectivity index (χ1v) is 8.58. The summed E-state index contributed by atoms with van der Waals surface area (Å²) < 4.78 is 5.75. The Balaban J connectivity index is 1.73. The molecule has 6 heteroatoms. The molecule has 130 valence electrons. The summed E-state index contributed by atoms with van der Waals surface area (Å²) >= 11 is 0. The number of hydrogen-bond acceptors (Lipinski definition) is 4. The van der Waals surface area contributed by atoms with E-state index in [9.17, 15) is 14.7 Å². The molecule has 1 N–H and O–H groups in total. The zero-order chi connectivity index (χ0) is 17.3. The SMILES string of the molecule is CC(C)C1(C(=O)O)CCN(C(=O)c2ccnc(OC3CCC3)c2)C1. The highest BCUT2D eigenvalue weighted by Crippen LogP contribution is 2.38. The average molecular weight is 332 g/mol.